The van der Waals surface area contributed by atoms with Gasteiger partial charge in [-0.1, -0.05) is 17.9 Å². The lowest BCUT2D eigenvalue weighted by Gasteiger charge is -2.07. The van der Waals surface area contributed by atoms with Gasteiger partial charge in [0, 0.05) is 13.0 Å². The Kier molecular flexibility index (Phi) is 5.24. The van der Waals surface area contributed by atoms with Crippen molar-refractivity contribution in [2.45, 2.75) is 12.8 Å². The van der Waals surface area contributed by atoms with Gasteiger partial charge in [-0.15, -0.1) is 0 Å². The second-order valence-electron chi connectivity index (χ2n) is 3.17. The number of aliphatic hydroxyl groups is 1. The molecule has 0 fully saturated rings. The van der Waals surface area contributed by atoms with E-state index in [0.717, 1.165) is 5.56 Å². The SMILES string of the molecule is COc1cccc(OC)c1C#CCCCO. The Hall–Kier alpha value is -1.66. The fourth-order valence-electron chi connectivity index (χ4n) is 1.29. The van der Waals surface area contributed by atoms with Gasteiger partial charge in [-0.2, -0.15) is 0 Å². The van der Waals surface area contributed by atoms with E-state index in [0.29, 0.717) is 24.3 Å². The summed E-state index contributed by atoms with van der Waals surface area (Å²) in [5, 5.41) is 8.65. The summed E-state index contributed by atoms with van der Waals surface area (Å²) in [5.41, 5.74) is 0.755. The van der Waals surface area contributed by atoms with Gasteiger partial charge >= 0.3 is 0 Å². The Labute approximate surface area is 96.0 Å². The Balaban J connectivity index is 2.93. The Morgan fingerprint density at radius 2 is 1.81 bits per heavy atom. The number of aliphatic hydroxyl groups excluding tert-OH is 1. The zero-order valence-corrected chi connectivity index (χ0v) is 9.62. The van der Waals surface area contributed by atoms with Crippen LogP contribution in [-0.4, -0.2) is 25.9 Å². The Bertz CT molecular complexity index is 366. The number of benzene rings is 1. The van der Waals surface area contributed by atoms with E-state index >= 15 is 0 Å². The van der Waals surface area contributed by atoms with E-state index in [1.807, 2.05) is 18.2 Å². The highest BCUT2D eigenvalue weighted by Crippen LogP contribution is 2.26. The first-order chi connectivity index (χ1) is 7.83. The molecule has 0 radical (unpaired) electrons. The van der Waals surface area contributed by atoms with Crippen molar-refractivity contribution in [3.63, 3.8) is 0 Å². The lowest BCUT2D eigenvalue weighted by atomic mass is 10.1. The second-order valence-corrected chi connectivity index (χ2v) is 3.17. The summed E-state index contributed by atoms with van der Waals surface area (Å²) < 4.78 is 10.4. The van der Waals surface area contributed by atoms with Crippen LogP contribution in [0, 0.1) is 11.8 Å². The molecular weight excluding hydrogens is 204 g/mol. The normalized spacial score (nSPS) is 9.19. The molecule has 3 heteroatoms. The van der Waals surface area contributed by atoms with Gasteiger partial charge in [0.25, 0.3) is 0 Å². The first kappa shape index (κ1) is 12.4. The average molecular weight is 220 g/mol. The molecule has 0 spiro atoms. The molecule has 1 rings (SSSR count). The maximum Gasteiger partial charge on any atom is 0.138 e. The molecule has 86 valence electrons. The minimum atomic E-state index is 0.164. The summed E-state index contributed by atoms with van der Waals surface area (Å²) in [7, 11) is 3.21. The van der Waals surface area contributed by atoms with E-state index in [-0.39, 0.29) is 6.61 Å². The lowest BCUT2D eigenvalue weighted by Crippen LogP contribution is -1.92. The highest BCUT2D eigenvalue weighted by atomic mass is 16.5. The van der Waals surface area contributed by atoms with Gasteiger partial charge in [0.1, 0.15) is 17.1 Å². The molecule has 0 saturated heterocycles. The van der Waals surface area contributed by atoms with Crippen molar-refractivity contribution >= 4 is 0 Å². The fourth-order valence-corrected chi connectivity index (χ4v) is 1.29. The highest BCUT2D eigenvalue weighted by Gasteiger charge is 2.05. The van der Waals surface area contributed by atoms with E-state index in [4.69, 9.17) is 14.6 Å². The molecule has 0 unspecified atom stereocenters. The van der Waals surface area contributed by atoms with Gasteiger partial charge in [0.15, 0.2) is 0 Å². The van der Waals surface area contributed by atoms with Gasteiger partial charge in [0.2, 0.25) is 0 Å². The molecule has 1 aromatic rings. The van der Waals surface area contributed by atoms with Crippen LogP contribution >= 0.6 is 0 Å². The molecule has 0 atom stereocenters. The quantitative estimate of drug-likeness (QED) is 0.621. The zero-order chi connectivity index (χ0) is 11.8. The van der Waals surface area contributed by atoms with Crippen LogP contribution in [0.4, 0.5) is 0 Å². The van der Waals surface area contributed by atoms with E-state index in [1.54, 1.807) is 14.2 Å². The van der Waals surface area contributed by atoms with Crippen LogP contribution in [0.3, 0.4) is 0 Å². The van der Waals surface area contributed by atoms with E-state index in [9.17, 15) is 0 Å². The molecule has 0 heterocycles. The highest BCUT2D eigenvalue weighted by molar-refractivity contribution is 5.55. The number of rotatable bonds is 4. The summed E-state index contributed by atoms with van der Waals surface area (Å²) in [6.07, 6.45) is 1.35. The van der Waals surface area contributed by atoms with Crippen molar-refractivity contribution < 1.29 is 14.6 Å². The van der Waals surface area contributed by atoms with Crippen molar-refractivity contribution in [2.24, 2.45) is 0 Å². The van der Waals surface area contributed by atoms with Gasteiger partial charge in [-0.25, -0.2) is 0 Å². The topological polar surface area (TPSA) is 38.7 Å². The molecule has 0 aliphatic heterocycles. The summed E-state index contributed by atoms with van der Waals surface area (Å²) in [6.45, 7) is 0.164. The first-order valence-electron chi connectivity index (χ1n) is 5.14. The molecule has 0 aliphatic carbocycles. The number of unbranched alkanes of at least 4 members (excludes halogenated alkanes) is 1. The Morgan fingerprint density at radius 1 is 1.19 bits per heavy atom. The van der Waals surface area contributed by atoms with Gasteiger partial charge in [-0.05, 0) is 18.6 Å². The van der Waals surface area contributed by atoms with Crippen LogP contribution in [0.25, 0.3) is 0 Å². The number of hydrogen-bond acceptors (Lipinski definition) is 3. The molecule has 1 aromatic carbocycles. The van der Waals surface area contributed by atoms with E-state index in [2.05, 4.69) is 11.8 Å². The van der Waals surface area contributed by atoms with Gasteiger partial charge in [-0.3, -0.25) is 0 Å². The summed E-state index contributed by atoms with van der Waals surface area (Å²) >= 11 is 0. The maximum atomic E-state index is 8.65. The molecule has 0 aromatic heterocycles. The van der Waals surface area contributed by atoms with Gasteiger partial charge in [0.05, 0.1) is 14.2 Å². The number of hydrogen-bond donors (Lipinski definition) is 1. The lowest BCUT2D eigenvalue weighted by molar-refractivity contribution is 0.290. The smallest absolute Gasteiger partial charge is 0.138 e. The summed E-state index contributed by atoms with van der Waals surface area (Å²) in [4.78, 5) is 0. The van der Waals surface area contributed by atoms with Crippen LogP contribution in [0.5, 0.6) is 11.5 Å². The number of ether oxygens (including phenoxy) is 2. The van der Waals surface area contributed by atoms with Crippen molar-refractivity contribution in [3.8, 4) is 23.3 Å². The molecule has 0 amide bonds. The fraction of sp³-hybridized carbons (Fsp3) is 0.385. The van der Waals surface area contributed by atoms with Crippen molar-refractivity contribution in [1.82, 2.24) is 0 Å². The minimum Gasteiger partial charge on any atom is -0.495 e. The van der Waals surface area contributed by atoms with Crippen molar-refractivity contribution in [1.29, 1.82) is 0 Å². The molecule has 0 saturated carbocycles. The van der Waals surface area contributed by atoms with Crippen molar-refractivity contribution in [2.75, 3.05) is 20.8 Å². The van der Waals surface area contributed by atoms with E-state index < -0.39 is 0 Å². The van der Waals surface area contributed by atoms with Gasteiger partial charge < -0.3 is 14.6 Å². The summed E-state index contributed by atoms with van der Waals surface area (Å²) in [6, 6.07) is 5.55. The van der Waals surface area contributed by atoms with Crippen molar-refractivity contribution in [3.05, 3.63) is 23.8 Å². The molecule has 0 bridgehead atoms. The van der Waals surface area contributed by atoms with Crippen LogP contribution < -0.4 is 9.47 Å². The summed E-state index contributed by atoms with van der Waals surface area (Å²) in [5.74, 6) is 7.40. The largest absolute Gasteiger partial charge is 0.495 e. The predicted molar refractivity (Wildman–Crippen MR) is 62.7 cm³/mol. The molecule has 0 aliphatic rings. The third-order valence-electron chi connectivity index (χ3n) is 2.10. The number of methoxy groups -OCH3 is 2. The average Bonchev–Trinajstić information content (AvgIpc) is 2.34. The van der Waals surface area contributed by atoms with Crippen LogP contribution in [0.2, 0.25) is 0 Å². The first-order valence-corrected chi connectivity index (χ1v) is 5.14. The monoisotopic (exact) mass is 220 g/mol. The molecule has 16 heavy (non-hydrogen) atoms. The molecule has 1 N–H and O–H groups in total. The third-order valence-corrected chi connectivity index (χ3v) is 2.10. The van der Waals surface area contributed by atoms with Crippen LogP contribution in [-0.2, 0) is 0 Å². The van der Waals surface area contributed by atoms with Crippen LogP contribution in [0.15, 0.2) is 18.2 Å². The molecule has 3 nitrogen and oxygen atoms in total. The second kappa shape index (κ2) is 6.76. The van der Waals surface area contributed by atoms with Crippen LogP contribution in [0.1, 0.15) is 18.4 Å². The third kappa shape index (κ3) is 3.18. The molecular formula is C13H16O3. The Morgan fingerprint density at radius 3 is 2.31 bits per heavy atom. The predicted octanol–water partition coefficient (Wildman–Crippen LogP) is 1.83. The zero-order valence-electron chi connectivity index (χ0n) is 9.62. The minimum absolute atomic E-state index is 0.164. The van der Waals surface area contributed by atoms with E-state index in [1.165, 1.54) is 0 Å². The standard InChI is InChI=1S/C13H16O3/c1-15-12-8-6-9-13(16-2)11(12)7-4-3-5-10-14/h6,8-9,14H,3,5,10H2,1-2H3. The maximum absolute atomic E-state index is 8.65.